The van der Waals surface area contributed by atoms with Gasteiger partial charge in [0.2, 0.25) is 0 Å². The number of carbonyl (C=O) groups excluding carboxylic acids is 1. The van der Waals surface area contributed by atoms with Crippen molar-refractivity contribution in [3.05, 3.63) is 0 Å². The molecule has 0 bridgehead atoms. The zero-order valence-corrected chi connectivity index (χ0v) is 9.84. The minimum absolute atomic E-state index is 0.102. The Labute approximate surface area is 90.1 Å². The Morgan fingerprint density at radius 1 is 1.60 bits per heavy atom. The number of carbonyl (C=O) groups is 1. The standard InChI is InChI=1S/C9H17NO4S/c1-10-5-8(9(11)14-2)7-3-4-15(12,13)6-7/h7-8,10H,3-6H2,1-2H3. The molecule has 2 atom stereocenters. The van der Waals surface area contributed by atoms with Gasteiger partial charge in [-0.05, 0) is 19.4 Å². The fraction of sp³-hybridized carbons (Fsp3) is 0.889. The Kier molecular flexibility index (Phi) is 4.10. The van der Waals surface area contributed by atoms with Gasteiger partial charge in [-0.2, -0.15) is 0 Å². The molecule has 1 aliphatic heterocycles. The van der Waals surface area contributed by atoms with E-state index in [-0.39, 0.29) is 29.3 Å². The van der Waals surface area contributed by atoms with Gasteiger partial charge in [0.15, 0.2) is 9.84 Å². The Bertz CT molecular complexity index is 325. The van der Waals surface area contributed by atoms with Gasteiger partial charge >= 0.3 is 5.97 Å². The van der Waals surface area contributed by atoms with Gasteiger partial charge < -0.3 is 10.1 Å². The summed E-state index contributed by atoms with van der Waals surface area (Å²) in [5.41, 5.74) is 0. The molecular weight excluding hydrogens is 218 g/mol. The van der Waals surface area contributed by atoms with E-state index >= 15 is 0 Å². The smallest absolute Gasteiger partial charge is 0.310 e. The number of methoxy groups -OCH3 is 1. The number of esters is 1. The van der Waals surface area contributed by atoms with Gasteiger partial charge in [-0.1, -0.05) is 0 Å². The topological polar surface area (TPSA) is 72.5 Å². The summed E-state index contributed by atoms with van der Waals surface area (Å²) in [4.78, 5) is 11.4. The van der Waals surface area contributed by atoms with Crippen molar-refractivity contribution in [3.8, 4) is 0 Å². The monoisotopic (exact) mass is 235 g/mol. The van der Waals surface area contributed by atoms with E-state index in [4.69, 9.17) is 0 Å². The summed E-state index contributed by atoms with van der Waals surface area (Å²) in [5.74, 6) is -0.484. The van der Waals surface area contributed by atoms with Crippen LogP contribution >= 0.6 is 0 Å². The highest BCUT2D eigenvalue weighted by Gasteiger charge is 2.37. The Morgan fingerprint density at radius 3 is 2.67 bits per heavy atom. The first-order valence-electron chi connectivity index (χ1n) is 4.93. The van der Waals surface area contributed by atoms with Crippen LogP contribution in [0, 0.1) is 11.8 Å². The van der Waals surface area contributed by atoms with Crippen LogP contribution in [0.4, 0.5) is 0 Å². The van der Waals surface area contributed by atoms with E-state index in [2.05, 4.69) is 10.1 Å². The third-order valence-corrected chi connectivity index (χ3v) is 4.56. The molecule has 1 saturated heterocycles. The molecule has 1 heterocycles. The van der Waals surface area contributed by atoms with Crippen LogP contribution in [0.1, 0.15) is 6.42 Å². The maximum atomic E-state index is 11.4. The van der Waals surface area contributed by atoms with Crippen molar-refractivity contribution in [2.24, 2.45) is 11.8 Å². The van der Waals surface area contributed by atoms with E-state index in [1.807, 2.05) is 0 Å². The average Bonchev–Trinajstić information content (AvgIpc) is 2.54. The van der Waals surface area contributed by atoms with Gasteiger partial charge in [0.25, 0.3) is 0 Å². The summed E-state index contributed by atoms with van der Waals surface area (Å²) in [6, 6.07) is 0. The fourth-order valence-electron chi connectivity index (χ4n) is 1.95. The summed E-state index contributed by atoms with van der Waals surface area (Å²) in [6.07, 6.45) is 0.559. The molecule has 0 spiro atoms. The lowest BCUT2D eigenvalue weighted by atomic mass is 9.92. The Morgan fingerprint density at radius 2 is 2.27 bits per heavy atom. The molecule has 1 rings (SSSR count). The van der Waals surface area contributed by atoms with Gasteiger partial charge in [-0.3, -0.25) is 4.79 Å². The van der Waals surface area contributed by atoms with E-state index in [0.717, 1.165) is 0 Å². The first kappa shape index (κ1) is 12.4. The molecule has 15 heavy (non-hydrogen) atoms. The average molecular weight is 235 g/mol. The lowest BCUT2D eigenvalue weighted by molar-refractivity contribution is -0.146. The Hall–Kier alpha value is -0.620. The summed E-state index contributed by atoms with van der Waals surface area (Å²) < 4.78 is 27.2. The molecule has 0 aromatic carbocycles. The predicted molar refractivity (Wildman–Crippen MR) is 56.2 cm³/mol. The quantitative estimate of drug-likeness (QED) is 0.661. The zero-order valence-electron chi connectivity index (χ0n) is 9.02. The van der Waals surface area contributed by atoms with Gasteiger partial charge in [0.05, 0.1) is 24.5 Å². The van der Waals surface area contributed by atoms with Gasteiger partial charge in [0, 0.05) is 6.54 Å². The molecule has 2 unspecified atom stereocenters. The lowest BCUT2D eigenvalue weighted by Gasteiger charge is -2.19. The molecule has 1 aliphatic rings. The molecule has 1 fully saturated rings. The maximum absolute atomic E-state index is 11.4. The predicted octanol–water partition coefficient (Wildman–Crippen LogP) is -0.570. The third-order valence-electron chi connectivity index (χ3n) is 2.76. The first-order chi connectivity index (χ1) is 7.00. The van der Waals surface area contributed by atoms with Crippen molar-refractivity contribution in [3.63, 3.8) is 0 Å². The summed E-state index contributed by atoms with van der Waals surface area (Å²) >= 11 is 0. The normalized spacial score (nSPS) is 26.1. The second-order valence-electron chi connectivity index (χ2n) is 3.85. The molecule has 0 saturated carbocycles. The molecule has 0 aromatic rings. The summed E-state index contributed by atoms with van der Waals surface area (Å²) in [6.45, 7) is 0.465. The van der Waals surface area contributed by atoms with E-state index in [0.29, 0.717) is 13.0 Å². The first-order valence-corrected chi connectivity index (χ1v) is 6.75. The molecular formula is C9H17NO4S. The summed E-state index contributed by atoms with van der Waals surface area (Å²) in [7, 11) is 0.127. The van der Waals surface area contributed by atoms with Gasteiger partial charge in [0.1, 0.15) is 0 Å². The van der Waals surface area contributed by atoms with E-state index in [1.54, 1.807) is 7.05 Å². The van der Waals surface area contributed by atoms with E-state index < -0.39 is 9.84 Å². The molecule has 88 valence electrons. The Balaban J connectivity index is 2.69. The largest absolute Gasteiger partial charge is 0.469 e. The van der Waals surface area contributed by atoms with Crippen molar-refractivity contribution in [2.45, 2.75) is 6.42 Å². The number of ether oxygens (including phenoxy) is 1. The van der Waals surface area contributed by atoms with Crippen molar-refractivity contribution in [1.82, 2.24) is 5.32 Å². The molecule has 5 nitrogen and oxygen atoms in total. The number of nitrogens with one attached hydrogen (secondary N) is 1. The van der Waals surface area contributed by atoms with Crippen molar-refractivity contribution >= 4 is 15.8 Å². The highest BCUT2D eigenvalue weighted by Crippen LogP contribution is 2.26. The van der Waals surface area contributed by atoms with Crippen LogP contribution in [0.5, 0.6) is 0 Å². The second kappa shape index (κ2) is 4.94. The van der Waals surface area contributed by atoms with Crippen LogP contribution in [-0.4, -0.2) is 46.6 Å². The highest BCUT2D eigenvalue weighted by atomic mass is 32.2. The van der Waals surface area contributed by atoms with Crippen molar-refractivity contribution in [2.75, 3.05) is 32.2 Å². The van der Waals surface area contributed by atoms with Gasteiger partial charge in [-0.15, -0.1) is 0 Å². The van der Waals surface area contributed by atoms with Gasteiger partial charge in [-0.25, -0.2) is 8.42 Å². The molecule has 6 heteroatoms. The minimum Gasteiger partial charge on any atom is -0.469 e. The third kappa shape index (κ3) is 3.17. The SMILES string of the molecule is CNCC(C(=O)OC)C1CCS(=O)(=O)C1. The highest BCUT2D eigenvalue weighted by molar-refractivity contribution is 7.91. The second-order valence-corrected chi connectivity index (χ2v) is 6.08. The molecule has 1 N–H and O–H groups in total. The van der Waals surface area contributed by atoms with Crippen LogP contribution in [0.15, 0.2) is 0 Å². The van der Waals surface area contributed by atoms with Crippen LogP contribution in [0.3, 0.4) is 0 Å². The van der Waals surface area contributed by atoms with Crippen molar-refractivity contribution in [1.29, 1.82) is 0 Å². The van der Waals surface area contributed by atoms with Crippen molar-refractivity contribution < 1.29 is 17.9 Å². The molecule has 0 aliphatic carbocycles. The fourth-order valence-corrected chi connectivity index (χ4v) is 3.83. The lowest BCUT2D eigenvalue weighted by Crippen LogP contribution is -2.34. The van der Waals surface area contributed by atoms with Crippen LogP contribution in [-0.2, 0) is 19.4 Å². The number of hydrogen-bond donors (Lipinski definition) is 1. The molecule has 0 amide bonds. The van der Waals surface area contributed by atoms with Crippen LogP contribution in [0.25, 0.3) is 0 Å². The molecule has 0 radical (unpaired) electrons. The van der Waals surface area contributed by atoms with E-state index in [1.165, 1.54) is 7.11 Å². The maximum Gasteiger partial charge on any atom is 0.310 e. The number of hydrogen-bond acceptors (Lipinski definition) is 5. The number of rotatable bonds is 4. The van der Waals surface area contributed by atoms with Crippen LogP contribution < -0.4 is 5.32 Å². The molecule has 0 aromatic heterocycles. The van der Waals surface area contributed by atoms with E-state index in [9.17, 15) is 13.2 Å². The minimum atomic E-state index is -2.94. The summed E-state index contributed by atoms with van der Waals surface area (Å²) in [5, 5.41) is 2.89. The van der Waals surface area contributed by atoms with Crippen LogP contribution in [0.2, 0.25) is 0 Å². The zero-order chi connectivity index (χ0) is 11.5. The number of sulfone groups is 1.